The molecule has 1 aliphatic carbocycles. The van der Waals surface area contributed by atoms with Crippen LogP contribution in [0, 0.1) is 27.7 Å². The number of hydrogen-bond acceptors (Lipinski definition) is 1. The molecule has 0 aliphatic heterocycles. The summed E-state index contributed by atoms with van der Waals surface area (Å²) in [6.07, 6.45) is 1.53. The van der Waals surface area contributed by atoms with Gasteiger partial charge >= 0.3 is 21.1 Å². The molecule has 0 bridgehead atoms. The number of ketones is 1. The molecular weight excluding hydrogens is 452 g/mol. The second kappa shape index (κ2) is 6.97. The molecule has 23 heavy (non-hydrogen) atoms. The molecule has 2 aromatic carbocycles. The quantitative estimate of drug-likeness (QED) is 0.452. The molecular formula is C21H21OW+. The Morgan fingerprint density at radius 1 is 1.09 bits per heavy atom. The number of hydrogen-bond donors (Lipinski definition) is 0. The maximum Gasteiger partial charge on any atom is 2.00 e. The number of carbonyl (C=O) groups is 1. The monoisotopic (exact) mass is 473 g/mol. The van der Waals surface area contributed by atoms with Gasteiger partial charge in [-0.25, -0.2) is 0 Å². The smallest absolute Gasteiger partial charge is 0.339 e. The van der Waals surface area contributed by atoms with Crippen LogP contribution in [0.5, 0.6) is 0 Å². The Morgan fingerprint density at radius 2 is 1.70 bits per heavy atom. The van der Waals surface area contributed by atoms with Gasteiger partial charge in [0.25, 0.3) is 0 Å². The first-order chi connectivity index (χ1) is 10.5. The number of aryl methyl sites for hydroxylation is 2. The van der Waals surface area contributed by atoms with Crippen molar-refractivity contribution in [3.63, 3.8) is 0 Å². The van der Waals surface area contributed by atoms with E-state index in [4.69, 9.17) is 0 Å². The van der Waals surface area contributed by atoms with Crippen LogP contribution in [-0.4, -0.2) is 5.78 Å². The molecule has 0 spiro atoms. The average Bonchev–Trinajstić information content (AvgIpc) is 2.89. The predicted molar refractivity (Wildman–Crippen MR) is 92.0 cm³/mol. The minimum absolute atomic E-state index is 0. The molecule has 0 amide bonds. The van der Waals surface area contributed by atoms with Crippen molar-refractivity contribution in [2.24, 2.45) is 0 Å². The minimum atomic E-state index is 0. The number of Topliss-reactive ketones (excluding diaryl/α,β-unsaturated/α-hetero) is 1. The van der Waals surface area contributed by atoms with E-state index >= 15 is 0 Å². The van der Waals surface area contributed by atoms with E-state index in [2.05, 4.69) is 39.8 Å². The van der Waals surface area contributed by atoms with E-state index in [1.165, 1.54) is 22.3 Å². The van der Waals surface area contributed by atoms with Crippen LogP contribution in [0.15, 0.2) is 42.0 Å². The largest absolute Gasteiger partial charge is 2.00 e. The topological polar surface area (TPSA) is 17.1 Å². The average molecular weight is 473 g/mol. The zero-order valence-electron chi connectivity index (χ0n) is 13.9. The Morgan fingerprint density at radius 3 is 2.30 bits per heavy atom. The van der Waals surface area contributed by atoms with Crippen LogP contribution < -0.4 is 0 Å². The molecule has 2 heteroatoms. The summed E-state index contributed by atoms with van der Waals surface area (Å²) < 4.78 is 0. The Hall–Kier alpha value is -1.46. The molecule has 0 aromatic heterocycles. The van der Waals surface area contributed by atoms with E-state index in [9.17, 15) is 4.79 Å². The zero-order chi connectivity index (χ0) is 15.9. The minimum Gasteiger partial charge on any atom is -0.339 e. The van der Waals surface area contributed by atoms with Crippen LogP contribution in [0.25, 0.3) is 5.57 Å². The molecule has 0 fully saturated rings. The van der Waals surface area contributed by atoms with Crippen molar-refractivity contribution in [2.45, 2.75) is 33.6 Å². The second-order valence-electron chi connectivity index (χ2n) is 6.13. The molecule has 0 N–H and O–H groups in total. The van der Waals surface area contributed by atoms with E-state index in [0.717, 1.165) is 28.7 Å². The van der Waals surface area contributed by atoms with Gasteiger partial charge in [0.05, 0.1) is 0 Å². The summed E-state index contributed by atoms with van der Waals surface area (Å²) in [6.45, 7) is 10.3. The maximum absolute atomic E-state index is 13.1. The van der Waals surface area contributed by atoms with Crippen LogP contribution in [0.3, 0.4) is 0 Å². The number of benzene rings is 2. The summed E-state index contributed by atoms with van der Waals surface area (Å²) in [4.78, 5) is 13.1. The summed E-state index contributed by atoms with van der Waals surface area (Å²) in [7, 11) is 0. The standard InChI is InChI=1S/C21H21O.W/c1-5-16-12-17-8-6-7-9-19(17)20(16)21(22)18-10-13(2)15(4)14(3)11-18;/h6-11H,1,5,12H2,2-4H3;/q-1;+2. The molecule has 2 aromatic rings. The zero-order valence-corrected chi connectivity index (χ0v) is 16.8. The van der Waals surface area contributed by atoms with Crippen molar-refractivity contribution in [2.75, 3.05) is 0 Å². The van der Waals surface area contributed by atoms with Crippen LogP contribution in [0.2, 0.25) is 0 Å². The third-order valence-corrected chi connectivity index (χ3v) is 4.76. The summed E-state index contributed by atoms with van der Waals surface area (Å²) in [5.74, 6) is 0.134. The summed E-state index contributed by atoms with van der Waals surface area (Å²) in [6, 6.07) is 12.2. The first-order valence-electron chi connectivity index (χ1n) is 7.75. The van der Waals surface area contributed by atoms with Crippen LogP contribution >= 0.6 is 0 Å². The molecule has 0 unspecified atom stereocenters. The SMILES string of the molecule is [CH2-]CC1=C(C(=O)c2cc(C)c(C)c(C)c2)c2ccccc2C1.[W+2]. The van der Waals surface area contributed by atoms with Crippen LogP contribution in [0.1, 0.15) is 44.6 Å². The van der Waals surface area contributed by atoms with Crippen molar-refractivity contribution in [1.82, 2.24) is 0 Å². The first kappa shape index (κ1) is 17.9. The van der Waals surface area contributed by atoms with E-state index in [1.807, 2.05) is 24.3 Å². The van der Waals surface area contributed by atoms with Gasteiger partial charge in [-0.15, -0.1) is 0 Å². The number of carbonyl (C=O) groups excluding carboxylic acids is 1. The molecule has 0 heterocycles. The van der Waals surface area contributed by atoms with Gasteiger partial charge in [0, 0.05) is 11.1 Å². The molecule has 0 atom stereocenters. The maximum atomic E-state index is 13.1. The first-order valence-corrected chi connectivity index (χ1v) is 7.75. The Balaban J connectivity index is 0.00000192. The van der Waals surface area contributed by atoms with E-state index in [-0.39, 0.29) is 26.8 Å². The van der Waals surface area contributed by atoms with Gasteiger partial charge in [0.2, 0.25) is 0 Å². The summed E-state index contributed by atoms with van der Waals surface area (Å²) in [5, 5.41) is 0. The normalized spacial score (nSPS) is 12.9. The van der Waals surface area contributed by atoms with Crippen molar-refractivity contribution in [1.29, 1.82) is 0 Å². The molecule has 0 radical (unpaired) electrons. The summed E-state index contributed by atoms with van der Waals surface area (Å²) >= 11 is 0. The van der Waals surface area contributed by atoms with Gasteiger partial charge in [-0.05, 0) is 67.1 Å². The fraction of sp³-hybridized carbons (Fsp3) is 0.238. The fourth-order valence-corrected chi connectivity index (χ4v) is 3.23. The molecule has 1 nitrogen and oxygen atoms in total. The number of allylic oxidation sites excluding steroid dienone is 2. The Labute approximate surface area is 153 Å². The fourth-order valence-electron chi connectivity index (χ4n) is 3.23. The number of rotatable bonds is 3. The van der Waals surface area contributed by atoms with Crippen molar-refractivity contribution < 1.29 is 25.9 Å². The van der Waals surface area contributed by atoms with Gasteiger partial charge in [0.1, 0.15) is 0 Å². The van der Waals surface area contributed by atoms with E-state index in [1.54, 1.807) is 0 Å². The second-order valence-corrected chi connectivity index (χ2v) is 6.13. The van der Waals surface area contributed by atoms with Gasteiger partial charge in [-0.1, -0.05) is 29.8 Å². The third kappa shape index (κ3) is 3.12. The molecule has 0 saturated carbocycles. The van der Waals surface area contributed by atoms with E-state index in [0.29, 0.717) is 6.42 Å². The van der Waals surface area contributed by atoms with Gasteiger partial charge in [-0.3, -0.25) is 4.79 Å². The van der Waals surface area contributed by atoms with E-state index < -0.39 is 0 Å². The molecule has 116 valence electrons. The van der Waals surface area contributed by atoms with Gasteiger partial charge in [-0.2, -0.15) is 6.42 Å². The predicted octanol–water partition coefficient (Wildman–Crippen LogP) is 5.03. The van der Waals surface area contributed by atoms with Crippen molar-refractivity contribution in [3.05, 3.63) is 82.3 Å². The van der Waals surface area contributed by atoms with Crippen molar-refractivity contribution >= 4 is 11.4 Å². The molecule has 3 rings (SSSR count). The Bertz CT molecular complexity index is 776. The third-order valence-electron chi connectivity index (χ3n) is 4.76. The van der Waals surface area contributed by atoms with Gasteiger partial charge < -0.3 is 6.92 Å². The molecule has 0 saturated heterocycles. The number of fused-ring (bicyclic) bond motifs is 1. The van der Waals surface area contributed by atoms with Crippen LogP contribution in [-0.2, 0) is 27.5 Å². The van der Waals surface area contributed by atoms with Crippen molar-refractivity contribution in [3.8, 4) is 0 Å². The Kier molecular flexibility index (Phi) is 5.42. The molecule has 1 aliphatic rings. The van der Waals surface area contributed by atoms with Gasteiger partial charge in [0.15, 0.2) is 5.78 Å². The van der Waals surface area contributed by atoms with Crippen LogP contribution in [0.4, 0.5) is 0 Å². The summed E-state index contributed by atoms with van der Waals surface area (Å²) in [5.41, 5.74) is 8.74.